The minimum Gasteiger partial charge on any atom is -0.395 e. The van der Waals surface area contributed by atoms with Crippen molar-refractivity contribution in [3.8, 4) is 0 Å². The van der Waals surface area contributed by atoms with Crippen LogP contribution >= 0.6 is 15.2 Å². The van der Waals surface area contributed by atoms with E-state index in [4.69, 9.17) is 24.7 Å². The van der Waals surface area contributed by atoms with Crippen LogP contribution < -0.4 is 0 Å². The van der Waals surface area contributed by atoms with Crippen LogP contribution in [0, 0.1) is 0 Å². The second-order valence-corrected chi connectivity index (χ2v) is 6.89. The summed E-state index contributed by atoms with van der Waals surface area (Å²) in [5.41, 5.74) is 0. The first-order valence-electron chi connectivity index (χ1n) is 4.56. The number of hydrogen-bond donors (Lipinski definition) is 5. The van der Waals surface area contributed by atoms with E-state index in [1.807, 2.05) is 0 Å². The Bertz CT molecular complexity index is 259. The average Bonchev–Trinajstić information content (AvgIpc) is 2.07. The molecule has 0 aliphatic rings. The summed E-state index contributed by atoms with van der Waals surface area (Å²) in [6, 6.07) is 0. The highest BCUT2D eigenvalue weighted by atomic mass is 31.2. The van der Waals surface area contributed by atoms with Crippen molar-refractivity contribution in [2.24, 2.45) is 0 Å². The van der Waals surface area contributed by atoms with Crippen molar-refractivity contribution in [3.05, 3.63) is 0 Å². The molecule has 0 saturated heterocycles. The van der Waals surface area contributed by atoms with Crippen molar-refractivity contribution < 1.29 is 33.8 Å². The maximum atomic E-state index is 10.6. The maximum absolute atomic E-state index is 10.6. The molecule has 16 heavy (non-hydrogen) atoms. The van der Waals surface area contributed by atoms with Crippen LogP contribution in [-0.2, 0) is 9.13 Å². The molecule has 5 N–H and O–H groups in total. The summed E-state index contributed by atoms with van der Waals surface area (Å²) in [5.74, 6) is 0. The van der Waals surface area contributed by atoms with Gasteiger partial charge in [-0.1, -0.05) is 0 Å². The molecule has 0 rings (SSSR count). The van der Waals surface area contributed by atoms with Crippen LogP contribution in [0.2, 0.25) is 0 Å². The molecule has 0 atom stereocenters. The molecule has 0 bridgehead atoms. The molecule has 8 nitrogen and oxygen atoms in total. The van der Waals surface area contributed by atoms with Gasteiger partial charge in [-0.25, -0.2) is 0 Å². The average molecular weight is 277 g/mol. The van der Waals surface area contributed by atoms with E-state index in [0.717, 1.165) is 0 Å². The van der Waals surface area contributed by atoms with E-state index in [-0.39, 0.29) is 26.2 Å². The van der Waals surface area contributed by atoms with Crippen molar-refractivity contribution in [2.75, 3.05) is 38.6 Å². The van der Waals surface area contributed by atoms with E-state index < -0.39 is 27.5 Å². The first-order chi connectivity index (χ1) is 7.14. The molecule has 0 fully saturated rings. The number of hydrogen-bond acceptors (Lipinski definition) is 4. The number of nitrogens with zero attached hydrogens (tertiary/aromatic N) is 1. The first-order valence-corrected chi connectivity index (χ1v) is 8.16. The van der Waals surface area contributed by atoms with Gasteiger partial charge in [0.15, 0.2) is 0 Å². The number of aliphatic hydroxyl groups excluding tert-OH is 1. The Morgan fingerprint density at radius 3 is 1.44 bits per heavy atom. The van der Waals surface area contributed by atoms with Crippen LogP contribution in [0.15, 0.2) is 0 Å². The lowest BCUT2D eigenvalue weighted by Gasteiger charge is -2.21. The Morgan fingerprint density at radius 1 is 0.812 bits per heavy atom. The lowest BCUT2D eigenvalue weighted by atomic mass is 10.5. The van der Waals surface area contributed by atoms with E-state index >= 15 is 0 Å². The molecule has 0 saturated carbocycles. The van der Waals surface area contributed by atoms with Gasteiger partial charge < -0.3 is 24.7 Å². The molecule has 0 heterocycles. The van der Waals surface area contributed by atoms with Crippen LogP contribution in [-0.4, -0.2) is 68.1 Å². The highest BCUT2D eigenvalue weighted by molar-refractivity contribution is 7.52. The lowest BCUT2D eigenvalue weighted by Crippen LogP contribution is -2.32. The largest absolute Gasteiger partial charge is 0.395 e. The predicted molar refractivity (Wildman–Crippen MR) is 57.3 cm³/mol. The molecule has 0 spiro atoms. The first kappa shape index (κ1) is 16.2. The monoisotopic (exact) mass is 277 g/mol. The third-order valence-corrected chi connectivity index (χ3v) is 3.40. The summed E-state index contributed by atoms with van der Waals surface area (Å²) in [6.45, 7) is -0.127. The Hall–Kier alpha value is 0.220. The zero-order valence-corrected chi connectivity index (χ0v) is 10.4. The van der Waals surface area contributed by atoms with Crippen LogP contribution in [0.1, 0.15) is 0 Å². The van der Waals surface area contributed by atoms with Crippen molar-refractivity contribution in [3.63, 3.8) is 0 Å². The van der Waals surface area contributed by atoms with E-state index in [1.165, 1.54) is 4.90 Å². The van der Waals surface area contributed by atoms with Gasteiger partial charge in [-0.2, -0.15) is 0 Å². The second kappa shape index (κ2) is 6.83. The molecule has 0 unspecified atom stereocenters. The fourth-order valence-electron chi connectivity index (χ4n) is 1.02. The van der Waals surface area contributed by atoms with E-state index in [0.29, 0.717) is 0 Å². The molecule has 0 aromatic heterocycles. The van der Waals surface area contributed by atoms with Gasteiger partial charge in [-0.3, -0.25) is 14.0 Å². The van der Waals surface area contributed by atoms with Crippen LogP contribution in [0.5, 0.6) is 0 Å². The number of aliphatic hydroxyl groups is 1. The van der Waals surface area contributed by atoms with Crippen molar-refractivity contribution in [2.45, 2.75) is 0 Å². The van der Waals surface area contributed by atoms with E-state index in [1.54, 1.807) is 0 Å². The van der Waals surface area contributed by atoms with Crippen molar-refractivity contribution in [1.29, 1.82) is 0 Å². The highest BCUT2D eigenvalue weighted by Gasteiger charge is 2.19. The van der Waals surface area contributed by atoms with E-state index in [2.05, 4.69) is 0 Å². The summed E-state index contributed by atoms with van der Waals surface area (Å²) in [4.78, 5) is 35.9. The summed E-state index contributed by atoms with van der Waals surface area (Å²) in [6.07, 6.45) is -0.789. The Kier molecular flexibility index (Phi) is 6.93. The molecule has 0 aromatic carbocycles. The molecule has 10 heteroatoms. The second-order valence-electron chi connectivity index (χ2n) is 3.34. The molecular weight excluding hydrogens is 260 g/mol. The summed E-state index contributed by atoms with van der Waals surface area (Å²) in [5, 5.41) is 8.67. The van der Waals surface area contributed by atoms with Gasteiger partial charge in [0.25, 0.3) is 0 Å². The van der Waals surface area contributed by atoms with Gasteiger partial charge in [0.05, 0.1) is 18.9 Å². The van der Waals surface area contributed by atoms with Crippen LogP contribution in [0.4, 0.5) is 0 Å². The lowest BCUT2D eigenvalue weighted by molar-refractivity contribution is 0.204. The summed E-state index contributed by atoms with van der Waals surface area (Å²) < 4.78 is 21.2. The molecule has 0 aromatic rings. The molecule has 0 aliphatic carbocycles. The molecule has 0 amide bonds. The zero-order chi connectivity index (χ0) is 12.8. The fraction of sp³-hybridized carbons (Fsp3) is 1.00. The topological polar surface area (TPSA) is 139 Å². The molecule has 98 valence electrons. The quantitative estimate of drug-likeness (QED) is 0.343. The number of rotatable bonds is 8. The van der Waals surface area contributed by atoms with Gasteiger partial charge in [-0.05, 0) is 0 Å². The minimum absolute atomic E-state index is 0.00909. The maximum Gasteiger partial charge on any atom is 0.326 e. The Labute approximate surface area is 93.2 Å². The van der Waals surface area contributed by atoms with Gasteiger partial charge in [0.1, 0.15) is 0 Å². The van der Waals surface area contributed by atoms with E-state index in [9.17, 15) is 9.13 Å². The Balaban J connectivity index is 4.07. The van der Waals surface area contributed by atoms with Crippen LogP contribution in [0.3, 0.4) is 0 Å². The third-order valence-electron chi connectivity index (χ3n) is 1.83. The SMILES string of the molecule is O=P(O)(O)CCN(CCO)CCP(=O)(O)O. The van der Waals surface area contributed by atoms with Gasteiger partial charge >= 0.3 is 15.2 Å². The zero-order valence-electron chi connectivity index (χ0n) is 8.64. The fourth-order valence-corrected chi connectivity index (χ4v) is 2.11. The Morgan fingerprint density at radius 2 is 1.19 bits per heavy atom. The van der Waals surface area contributed by atoms with Crippen molar-refractivity contribution in [1.82, 2.24) is 4.90 Å². The molecular formula is C6H17NO7P2. The minimum atomic E-state index is -4.12. The summed E-state index contributed by atoms with van der Waals surface area (Å²) >= 11 is 0. The highest BCUT2D eigenvalue weighted by Crippen LogP contribution is 2.35. The van der Waals surface area contributed by atoms with Crippen LogP contribution in [0.25, 0.3) is 0 Å². The van der Waals surface area contributed by atoms with Gasteiger partial charge in [0.2, 0.25) is 0 Å². The molecule has 0 aliphatic heterocycles. The standard InChI is InChI=1S/C6H17NO7P2/c8-4-1-7(2-5-15(9,10)11)3-6-16(12,13)14/h8H,1-6H2,(H2,9,10,11)(H2,12,13,14). The van der Waals surface area contributed by atoms with Gasteiger partial charge in [-0.15, -0.1) is 0 Å². The smallest absolute Gasteiger partial charge is 0.326 e. The van der Waals surface area contributed by atoms with Crippen molar-refractivity contribution >= 4 is 15.2 Å². The normalized spacial score (nSPS) is 13.4. The summed E-state index contributed by atoms with van der Waals surface area (Å²) in [7, 11) is -8.25. The molecule has 0 radical (unpaired) electrons. The van der Waals surface area contributed by atoms with Gasteiger partial charge in [0, 0.05) is 19.6 Å². The third kappa shape index (κ3) is 10.7. The predicted octanol–water partition coefficient (Wildman–Crippen LogP) is -1.36.